The van der Waals surface area contributed by atoms with Gasteiger partial charge in [0.2, 0.25) is 8.32 Å². The molecule has 0 N–H and O–H groups in total. The largest absolute Gasteiger partial charge is 0.543 e. The first-order valence-corrected chi connectivity index (χ1v) is 9.05. The fourth-order valence-corrected chi connectivity index (χ4v) is 2.87. The Balaban J connectivity index is 2.70. The molecule has 1 nitrogen and oxygen atoms in total. The predicted molar refractivity (Wildman–Crippen MR) is 60.2 cm³/mol. The predicted octanol–water partition coefficient (Wildman–Crippen LogP) is 4.53. The van der Waals surface area contributed by atoms with Gasteiger partial charge in [-0.3, -0.25) is 0 Å². The summed E-state index contributed by atoms with van der Waals surface area (Å²) in [6.07, 6.45) is 3.38. The van der Waals surface area contributed by atoms with E-state index in [0.29, 0.717) is 0 Å². The zero-order valence-electron chi connectivity index (χ0n) is 9.78. The summed E-state index contributed by atoms with van der Waals surface area (Å²) < 4.78 is 31.1. The first-order valence-electron chi connectivity index (χ1n) is 5.64. The van der Waals surface area contributed by atoms with E-state index in [1.165, 1.54) is 6.42 Å². The summed E-state index contributed by atoms with van der Waals surface area (Å²) >= 11 is 0. The topological polar surface area (TPSA) is 9.23 Å². The van der Waals surface area contributed by atoms with E-state index in [4.69, 9.17) is 4.43 Å². The summed E-state index contributed by atoms with van der Waals surface area (Å²) in [6, 6.07) is 0. The van der Waals surface area contributed by atoms with E-state index in [0.717, 1.165) is 25.7 Å². The number of allylic oxidation sites excluding steroid dienone is 1. The van der Waals surface area contributed by atoms with Gasteiger partial charge in [-0.05, 0) is 32.5 Å². The van der Waals surface area contributed by atoms with Crippen molar-refractivity contribution in [3.8, 4) is 0 Å². The number of halogens is 2. The molecule has 0 aromatic heterocycles. The summed E-state index contributed by atoms with van der Waals surface area (Å²) in [5.74, 6) is -0.0376. The second kappa shape index (κ2) is 5.10. The second-order valence-electron chi connectivity index (χ2n) is 5.17. The summed E-state index contributed by atoms with van der Waals surface area (Å²) in [5, 5.41) is 0. The van der Waals surface area contributed by atoms with E-state index >= 15 is 0 Å². The molecule has 15 heavy (non-hydrogen) atoms. The van der Waals surface area contributed by atoms with Crippen LogP contribution in [-0.4, -0.2) is 8.32 Å². The normalized spacial score (nSPS) is 18.7. The lowest BCUT2D eigenvalue weighted by molar-refractivity contribution is 0.241. The lowest BCUT2D eigenvalue weighted by Gasteiger charge is -2.29. The average Bonchev–Trinajstić information content (AvgIpc) is 2.14. The molecule has 88 valence electrons. The van der Waals surface area contributed by atoms with Gasteiger partial charge in [0.05, 0.1) is 0 Å². The minimum atomic E-state index is -1.90. The van der Waals surface area contributed by atoms with Crippen LogP contribution < -0.4 is 0 Å². The van der Waals surface area contributed by atoms with Crippen molar-refractivity contribution in [1.29, 1.82) is 0 Å². The van der Waals surface area contributed by atoms with Crippen molar-refractivity contribution in [3.05, 3.63) is 11.8 Å². The molecule has 4 heteroatoms. The SMILES string of the molecule is C[Si](C)(C)OC(=C(F)F)C1CCCCC1. The maximum atomic E-state index is 12.8. The Labute approximate surface area is 91.6 Å². The van der Waals surface area contributed by atoms with Crippen molar-refractivity contribution >= 4 is 8.32 Å². The third-order valence-corrected chi connectivity index (χ3v) is 3.41. The lowest BCUT2D eigenvalue weighted by atomic mass is 9.88. The van der Waals surface area contributed by atoms with Crippen LogP contribution in [-0.2, 0) is 4.43 Å². The molecule has 1 fully saturated rings. The van der Waals surface area contributed by atoms with Crippen molar-refractivity contribution in [2.24, 2.45) is 5.92 Å². The van der Waals surface area contributed by atoms with Gasteiger partial charge < -0.3 is 4.43 Å². The standard InChI is InChI=1S/C11H20F2OSi/c1-15(2,3)14-10(11(12)13)9-7-5-4-6-8-9/h9H,4-8H2,1-3H3. The van der Waals surface area contributed by atoms with Crippen LogP contribution in [0.25, 0.3) is 0 Å². The monoisotopic (exact) mass is 234 g/mol. The number of rotatable bonds is 3. The van der Waals surface area contributed by atoms with Gasteiger partial charge in [-0.1, -0.05) is 19.3 Å². The Morgan fingerprint density at radius 3 is 2.00 bits per heavy atom. The van der Waals surface area contributed by atoms with E-state index < -0.39 is 14.4 Å². The Bertz CT molecular complexity index is 235. The highest BCUT2D eigenvalue weighted by molar-refractivity contribution is 6.70. The molecule has 1 saturated carbocycles. The van der Waals surface area contributed by atoms with Crippen molar-refractivity contribution < 1.29 is 13.2 Å². The molecule has 0 aromatic carbocycles. The second-order valence-corrected chi connectivity index (χ2v) is 9.60. The fourth-order valence-electron chi connectivity index (χ4n) is 1.97. The molecular formula is C11H20F2OSi. The molecule has 0 saturated heterocycles. The summed E-state index contributed by atoms with van der Waals surface area (Å²) in [4.78, 5) is 0. The van der Waals surface area contributed by atoms with Gasteiger partial charge in [0.25, 0.3) is 0 Å². The molecule has 0 aromatic rings. The minimum Gasteiger partial charge on any atom is -0.543 e. The number of hydrogen-bond acceptors (Lipinski definition) is 1. The van der Waals surface area contributed by atoms with E-state index in [-0.39, 0.29) is 11.7 Å². The van der Waals surface area contributed by atoms with Crippen LogP contribution in [0.2, 0.25) is 19.6 Å². The zero-order chi connectivity index (χ0) is 11.5. The third kappa shape index (κ3) is 4.32. The summed E-state index contributed by atoms with van der Waals surface area (Å²) in [7, 11) is -1.90. The zero-order valence-corrected chi connectivity index (χ0v) is 10.8. The van der Waals surface area contributed by atoms with Gasteiger partial charge in [-0.25, -0.2) is 0 Å². The first kappa shape index (κ1) is 12.7. The van der Waals surface area contributed by atoms with Crippen LogP contribution >= 0.6 is 0 Å². The molecule has 0 unspecified atom stereocenters. The van der Waals surface area contributed by atoms with Crippen molar-refractivity contribution in [1.82, 2.24) is 0 Å². The molecule has 0 spiro atoms. The average molecular weight is 234 g/mol. The smallest absolute Gasteiger partial charge is 0.306 e. The van der Waals surface area contributed by atoms with Gasteiger partial charge in [0.15, 0.2) is 0 Å². The van der Waals surface area contributed by atoms with Gasteiger partial charge in [-0.2, -0.15) is 8.78 Å². The Morgan fingerprint density at radius 2 is 1.60 bits per heavy atom. The lowest BCUT2D eigenvalue weighted by Crippen LogP contribution is -2.28. The van der Waals surface area contributed by atoms with Crippen molar-refractivity contribution in [2.45, 2.75) is 51.7 Å². The molecule has 0 atom stereocenters. The number of hydrogen-bond donors (Lipinski definition) is 0. The highest BCUT2D eigenvalue weighted by Crippen LogP contribution is 2.34. The highest BCUT2D eigenvalue weighted by Gasteiger charge is 2.28. The van der Waals surface area contributed by atoms with Crippen LogP contribution in [0.5, 0.6) is 0 Å². The van der Waals surface area contributed by atoms with Crippen LogP contribution in [0.1, 0.15) is 32.1 Å². The van der Waals surface area contributed by atoms with Gasteiger partial charge in [0.1, 0.15) is 5.76 Å². The van der Waals surface area contributed by atoms with Gasteiger partial charge >= 0.3 is 6.08 Å². The van der Waals surface area contributed by atoms with Gasteiger partial charge in [-0.15, -0.1) is 0 Å². The minimum absolute atomic E-state index is 0.00568. The quantitative estimate of drug-likeness (QED) is 0.515. The van der Waals surface area contributed by atoms with E-state index in [2.05, 4.69) is 0 Å². The van der Waals surface area contributed by atoms with Crippen molar-refractivity contribution in [2.75, 3.05) is 0 Å². The summed E-state index contributed by atoms with van der Waals surface area (Å²) in [5.41, 5.74) is 0. The molecule has 1 aliphatic rings. The van der Waals surface area contributed by atoms with Crippen LogP contribution in [0, 0.1) is 5.92 Å². The van der Waals surface area contributed by atoms with Crippen LogP contribution in [0.15, 0.2) is 11.8 Å². The highest BCUT2D eigenvalue weighted by atomic mass is 28.4. The van der Waals surface area contributed by atoms with E-state index in [1.807, 2.05) is 19.6 Å². The van der Waals surface area contributed by atoms with Crippen LogP contribution in [0.3, 0.4) is 0 Å². The Morgan fingerprint density at radius 1 is 1.07 bits per heavy atom. The molecule has 0 radical (unpaired) electrons. The molecule has 0 amide bonds. The maximum Gasteiger partial charge on any atom is 0.306 e. The Hall–Kier alpha value is -0.383. The molecule has 1 rings (SSSR count). The van der Waals surface area contributed by atoms with E-state index in [1.54, 1.807) is 0 Å². The first-order chi connectivity index (χ1) is 6.90. The fraction of sp³-hybridized carbons (Fsp3) is 0.818. The molecule has 0 bridgehead atoms. The molecular weight excluding hydrogens is 214 g/mol. The molecule has 0 aliphatic heterocycles. The van der Waals surface area contributed by atoms with Gasteiger partial charge in [0, 0.05) is 5.92 Å². The third-order valence-electron chi connectivity index (χ3n) is 2.58. The van der Waals surface area contributed by atoms with Crippen molar-refractivity contribution in [3.63, 3.8) is 0 Å². The Kier molecular flexibility index (Phi) is 4.31. The molecule has 0 heterocycles. The van der Waals surface area contributed by atoms with Crippen LogP contribution in [0.4, 0.5) is 8.78 Å². The molecule has 1 aliphatic carbocycles. The summed E-state index contributed by atoms with van der Waals surface area (Å²) in [6.45, 7) is 5.83. The maximum absolute atomic E-state index is 12.8. The van der Waals surface area contributed by atoms with E-state index in [9.17, 15) is 8.78 Å².